The van der Waals surface area contributed by atoms with Crippen LogP contribution in [0.15, 0.2) is 30.6 Å². The second kappa shape index (κ2) is 6.15. The van der Waals surface area contributed by atoms with Crippen molar-refractivity contribution >= 4 is 0 Å². The molecule has 0 unspecified atom stereocenters. The summed E-state index contributed by atoms with van der Waals surface area (Å²) < 4.78 is 2.13. The third-order valence-electron chi connectivity index (χ3n) is 3.73. The smallest absolute Gasteiger partial charge is 0.147 e. The highest BCUT2D eigenvalue weighted by Crippen LogP contribution is 2.13. The van der Waals surface area contributed by atoms with Crippen molar-refractivity contribution in [1.82, 2.24) is 25.0 Å². The Morgan fingerprint density at radius 3 is 2.75 bits per heavy atom. The zero-order chi connectivity index (χ0) is 13.8. The number of nitrogens with zero attached hydrogens (tertiary/aromatic N) is 4. The molecule has 1 aliphatic heterocycles. The molecule has 0 fully saturated rings. The highest BCUT2D eigenvalue weighted by molar-refractivity contribution is 5.22. The molecule has 0 spiro atoms. The first-order valence-electron chi connectivity index (χ1n) is 7.22. The van der Waals surface area contributed by atoms with Gasteiger partial charge in [-0.1, -0.05) is 31.2 Å². The summed E-state index contributed by atoms with van der Waals surface area (Å²) in [5.41, 5.74) is 2.70. The summed E-state index contributed by atoms with van der Waals surface area (Å²) >= 11 is 0. The molecule has 1 aliphatic rings. The maximum atomic E-state index is 4.16. The lowest BCUT2D eigenvalue weighted by Crippen LogP contribution is -2.33. The van der Waals surface area contributed by atoms with Crippen molar-refractivity contribution in [3.63, 3.8) is 0 Å². The lowest BCUT2D eigenvalue weighted by molar-refractivity contribution is 0.209. The number of aromatic nitrogens is 3. The van der Waals surface area contributed by atoms with Gasteiger partial charge in [0.1, 0.15) is 12.2 Å². The van der Waals surface area contributed by atoms with E-state index in [0.29, 0.717) is 0 Å². The topological polar surface area (TPSA) is 46.0 Å². The normalized spacial score (nSPS) is 15.2. The zero-order valence-electron chi connectivity index (χ0n) is 11.9. The molecule has 0 atom stereocenters. The largest absolute Gasteiger partial charge is 0.315 e. The summed E-state index contributed by atoms with van der Waals surface area (Å²) in [5.74, 6) is 1.07. The van der Waals surface area contributed by atoms with Crippen LogP contribution < -0.4 is 5.32 Å². The van der Waals surface area contributed by atoms with E-state index in [9.17, 15) is 0 Å². The first-order valence-corrected chi connectivity index (χ1v) is 7.22. The first kappa shape index (κ1) is 13.3. The van der Waals surface area contributed by atoms with Crippen molar-refractivity contribution in [2.45, 2.75) is 33.1 Å². The van der Waals surface area contributed by atoms with Gasteiger partial charge in [0.25, 0.3) is 0 Å². The van der Waals surface area contributed by atoms with Crippen molar-refractivity contribution in [3.8, 4) is 0 Å². The molecule has 0 bridgehead atoms. The second-order valence-electron chi connectivity index (χ2n) is 5.25. The maximum Gasteiger partial charge on any atom is 0.147 e. The minimum atomic E-state index is 0.888. The zero-order valence-corrected chi connectivity index (χ0v) is 11.9. The summed E-state index contributed by atoms with van der Waals surface area (Å²) in [6, 6.07) is 8.88. The van der Waals surface area contributed by atoms with Gasteiger partial charge >= 0.3 is 0 Å². The first-order chi connectivity index (χ1) is 9.85. The monoisotopic (exact) mass is 271 g/mol. The van der Waals surface area contributed by atoms with Gasteiger partial charge in [0, 0.05) is 26.2 Å². The number of benzene rings is 1. The van der Waals surface area contributed by atoms with E-state index < -0.39 is 0 Å². The third-order valence-corrected chi connectivity index (χ3v) is 3.73. The summed E-state index contributed by atoms with van der Waals surface area (Å²) in [6.07, 6.45) is 1.82. The molecule has 0 radical (unpaired) electrons. The Morgan fingerprint density at radius 1 is 1.15 bits per heavy atom. The molecule has 0 saturated carbocycles. The van der Waals surface area contributed by atoms with Crippen LogP contribution in [0.3, 0.4) is 0 Å². The van der Waals surface area contributed by atoms with E-state index in [-0.39, 0.29) is 0 Å². The molecule has 3 rings (SSSR count). The molecular weight excluding hydrogens is 250 g/mol. The average Bonchev–Trinajstić information content (AvgIpc) is 2.94. The Bertz CT molecular complexity index is 546. The quantitative estimate of drug-likeness (QED) is 0.893. The van der Waals surface area contributed by atoms with E-state index in [1.165, 1.54) is 11.1 Å². The molecule has 0 aliphatic carbocycles. The fraction of sp³-hybridized carbons (Fsp3) is 0.467. The SMILES string of the molecule is CCNCc1ccc(CN2CCn3cnnc3C2)cc1. The predicted octanol–water partition coefficient (Wildman–Crippen LogP) is 1.40. The summed E-state index contributed by atoms with van der Waals surface area (Å²) in [4.78, 5) is 2.42. The highest BCUT2D eigenvalue weighted by atomic mass is 15.3. The van der Waals surface area contributed by atoms with Crippen molar-refractivity contribution in [1.29, 1.82) is 0 Å². The Balaban J connectivity index is 1.58. The van der Waals surface area contributed by atoms with Crippen molar-refractivity contribution in [3.05, 3.63) is 47.5 Å². The van der Waals surface area contributed by atoms with Crippen LogP contribution in [0, 0.1) is 0 Å². The van der Waals surface area contributed by atoms with Gasteiger partial charge in [-0.25, -0.2) is 0 Å². The van der Waals surface area contributed by atoms with Gasteiger partial charge in [-0.2, -0.15) is 0 Å². The van der Waals surface area contributed by atoms with E-state index in [1.54, 1.807) is 0 Å². The standard InChI is InChI=1S/C15H21N5/c1-2-16-9-13-3-5-14(6-4-13)10-19-7-8-20-12-17-18-15(20)11-19/h3-6,12,16H,2,7-11H2,1H3. The fourth-order valence-electron chi connectivity index (χ4n) is 2.54. The Kier molecular flexibility index (Phi) is 4.08. The van der Waals surface area contributed by atoms with E-state index in [2.05, 4.69) is 56.2 Å². The second-order valence-corrected chi connectivity index (χ2v) is 5.25. The van der Waals surface area contributed by atoms with Crippen LogP contribution in [-0.4, -0.2) is 32.8 Å². The lowest BCUT2D eigenvalue weighted by atomic mass is 10.1. The number of fused-ring (bicyclic) bond motifs is 1. The van der Waals surface area contributed by atoms with E-state index >= 15 is 0 Å². The van der Waals surface area contributed by atoms with Gasteiger partial charge in [0.2, 0.25) is 0 Å². The van der Waals surface area contributed by atoms with Crippen LogP contribution in [0.2, 0.25) is 0 Å². The van der Waals surface area contributed by atoms with E-state index in [4.69, 9.17) is 0 Å². The minimum absolute atomic E-state index is 0.888. The van der Waals surface area contributed by atoms with Crippen molar-refractivity contribution < 1.29 is 0 Å². The molecule has 5 heteroatoms. The maximum absolute atomic E-state index is 4.16. The molecule has 0 amide bonds. The molecule has 2 heterocycles. The van der Waals surface area contributed by atoms with Crippen LogP contribution in [0.5, 0.6) is 0 Å². The molecule has 20 heavy (non-hydrogen) atoms. The van der Waals surface area contributed by atoms with Crippen LogP contribution in [0.4, 0.5) is 0 Å². The van der Waals surface area contributed by atoms with Gasteiger partial charge in [-0.3, -0.25) is 4.90 Å². The summed E-state index contributed by atoms with van der Waals surface area (Å²) in [6.45, 7) is 8.00. The number of hydrogen-bond acceptors (Lipinski definition) is 4. The minimum Gasteiger partial charge on any atom is -0.315 e. The van der Waals surface area contributed by atoms with Crippen LogP contribution in [0.1, 0.15) is 23.9 Å². The molecule has 5 nitrogen and oxygen atoms in total. The van der Waals surface area contributed by atoms with Gasteiger partial charge in [0.15, 0.2) is 0 Å². The predicted molar refractivity (Wildman–Crippen MR) is 78.0 cm³/mol. The summed E-state index contributed by atoms with van der Waals surface area (Å²) in [5, 5.41) is 11.5. The third kappa shape index (κ3) is 3.05. The Morgan fingerprint density at radius 2 is 1.95 bits per heavy atom. The molecule has 1 aromatic heterocycles. The highest BCUT2D eigenvalue weighted by Gasteiger charge is 2.17. The Labute approximate surface area is 119 Å². The fourth-order valence-corrected chi connectivity index (χ4v) is 2.54. The van der Waals surface area contributed by atoms with Crippen molar-refractivity contribution in [2.75, 3.05) is 13.1 Å². The van der Waals surface area contributed by atoms with Crippen LogP contribution in [0.25, 0.3) is 0 Å². The molecule has 2 aromatic rings. The van der Waals surface area contributed by atoms with Crippen molar-refractivity contribution in [2.24, 2.45) is 0 Å². The molecule has 1 N–H and O–H groups in total. The van der Waals surface area contributed by atoms with E-state index in [1.807, 2.05) is 6.33 Å². The number of nitrogens with one attached hydrogen (secondary N) is 1. The number of hydrogen-bond donors (Lipinski definition) is 1. The lowest BCUT2D eigenvalue weighted by Gasteiger charge is -2.26. The summed E-state index contributed by atoms with van der Waals surface area (Å²) in [7, 11) is 0. The van der Waals surface area contributed by atoms with Crippen LogP contribution >= 0.6 is 0 Å². The molecule has 106 valence electrons. The van der Waals surface area contributed by atoms with Gasteiger partial charge in [-0.15, -0.1) is 10.2 Å². The molecular formula is C15H21N5. The molecule has 0 saturated heterocycles. The van der Waals surface area contributed by atoms with E-state index in [0.717, 1.165) is 45.1 Å². The average molecular weight is 271 g/mol. The van der Waals surface area contributed by atoms with Gasteiger partial charge in [0.05, 0.1) is 6.54 Å². The van der Waals surface area contributed by atoms with Gasteiger partial charge in [-0.05, 0) is 17.7 Å². The Hall–Kier alpha value is -1.72. The van der Waals surface area contributed by atoms with Gasteiger partial charge < -0.3 is 9.88 Å². The molecule has 1 aromatic carbocycles. The number of rotatable bonds is 5. The van der Waals surface area contributed by atoms with Crippen LogP contribution in [-0.2, 0) is 26.2 Å².